The summed E-state index contributed by atoms with van der Waals surface area (Å²) < 4.78 is 16.1. The van der Waals surface area contributed by atoms with Gasteiger partial charge in [-0.15, -0.1) is 0 Å². The van der Waals surface area contributed by atoms with E-state index in [-0.39, 0.29) is 11.9 Å². The summed E-state index contributed by atoms with van der Waals surface area (Å²) in [5, 5.41) is 0.740. The lowest BCUT2D eigenvalue weighted by atomic mass is 10.0. The van der Waals surface area contributed by atoms with Gasteiger partial charge in [0, 0.05) is 23.2 Å². The third-order valence-electron chi connectivity index (χ3n) is 4.96. The van der Waals surface area contributed by atoms with E-state index in [1.54, 1.807) is 33.5 Å². The van der Waals surface area contributed by atoms with Crippen molar-refractivity contribution in [2.24, 2.45) is 0 Å². The van der Waals surface area contributed by atoms with Gasteiger partial charge in [-0.05, 0) is 43.0 Å². The number of amides is 1. The van der Waals surface area contributed by atoms with Crippen molar-refractivity contribution in [2.45, 2.75) is 25.3 Å². The van der Waals surface area contributed by atoms with Crippen LogP contribution >= 0.6 is 11.6 Å². The van der Waals surface area contributed by atoms with Crippen LogP contribution in [0.3, 0.4) is 0 Å². The van der Waals surface area contributed by atoms with Crippen LogP contribution in [0.25, 0.3) is 0 Å². The fraction of sp³-hybridized carbons (Fsp3) is 0.381. The van der Waals surface area contributed by atoms with Crippen molar-refractivity contribution in [2.75, 3.05) is 27.9 Å². The molecule has 1 unspecified atom stereocenters. The number of carbonyl (C=O) groups is 1. The summed E-state index contributed by atoms with van der Waals surface area (Å²) in [5.41, 5.74) is 1.59. The van der Waals surface area contributed by atoms with Gasteiger partial charge in [-0.1, -0.05) is 29.8 Å². The van der Waals surface area contributed by atoms with Crippen LogP contribution in [-0.4, -0.2) is 44.7 Å². The number of carbonyl (C=O) groups excluding carboxylic acids is 1. The molecule has 27 heavy (non-hydrogen) atoms. The van der Waals surface area contributed by atoms with Gasteiger partial charge in [0.25, 0.3) is 5.91 Å². The van der Waals surface area contributed by atoms with E-state index in [1.165, 1.54) is 0 Å². The molecule has 1 aliphatic rings. The Kier molecular flexibility index (Phi) is 6.11. The van der Waals surface area contributed by atoms with E-state index in [1.807, 2.05) is 29.2 Å². The predicted molar refractivity (Wildman–Crippen MR) is 105 cm³/mol. The lowest BCUT2D eigenvalue weighted by Gasteiger charge is -2.26. The number of halogens is 1. The third kappa shape index (κ3) is 3.98. The molecule has 2 aromatic rings. The Hall–Kier alpha value is -2.40. The molecule has 1 fully saturated rings. The molecule has 1 atom stereocenters. The van der Waals surface area contributed by atoms with Gasteiger partial charge in [-0.25, -0.2) is 0 Å². The first-order chi connectivity index (χ1) is 13.1. The van der Waals surface area contributed by atoms with E-state index >= 15 is 0 Å². The van der Waals surface area contributed by atoms with Crippen LogP contribution in [0, 0.1) is 0 Å². The van der Waals surface area contributed by atoms with Gasteiger partial charge in [0.15, 0.2) is 11.5 Å². The zero-order valence-electron chi connectivity index (χ0n) is 15.8. The summed E-state index contributed by atoms with van der Waals surface area (Å²) in [4.78, 5) is 15.1. The van der Waals surface area contributed by atoms with E-state index in [0.29, 0.717) is 22.8 Å². The van der Waals surface area contributed by atoms with Gasteiger partial charge in [0.1, 0.15) is 0 Å². The minimum atomic E-state index is -0.0381. The van der Waals surface area contributed by atoms with E-state index in [2.05, 4.69) is 0 Å². The van der Waals surface area contributed by atoms with Gasteiger partial charge in [0.2, 0.25) is 5.75 Å². The number of benzene rings is 2. The summed E-state index contributed by atoms with van der Waals surface area (Å²) in [5.74, 6) is 1.39. The number of ether oxygens (including phenoxy) is 3. The van der Waals surface area contributed by atoms with Crippen LogP contribution in [-0.2, 0) is 6.42 Å². The fourth-order valence-electron chi connectivity index (χ4n) is 3.60. The molecule has 0 aliphatic carbocycles. The number of hydrogen-bond donors (Lipinski definition) is 0. The molecule has 0 bridgehead atoms. The highest BCUT2D eigenvalue weighted by Gasteiger charge is 2.31. The van der Waals surface area contributed by atoms with Crippen LogP contribution in [0.15, 0.2) is 36.4 Å². The number of rotatable bonds is 6. The molecule has 0 radical (unpaired) electrons. The average molecular weight is 390 g/mol. The molecule has 1 saturated heterocycles. The van der Waals surface area contributed by atoms with Gasteiger partial charge in [0.05, 0.1) is 21.3 Å². The zero-order chi connectivity index (χ0) is 19.4. The molecule has 3 rings (SSSR count). The summed E-state index contributed by atoms with van der Waals surface area (Å²) in [6.45, 7) is 0.727. The number of nitrogens with zero attached hydrogens (tertiary/aromatic N) is 1. The third-order valence-corrected chi connectivity index (χ3v) is 5.33. The summed E-state index contributed by atoms with van der Waals surface area (Å²) in [6, 6.07) is 11.3. The quantitative estimate of drug-likeness (QED) is 0.742. The number of likely N-dealkylation sites (tertiary alicyclic amines) is 1. The molecular formula is C21H24ClNO4. The smallest absolute Gasteiger partial charge is 0.254 e. The molecular weight excluding hydrogens is 366 g/mol. The Morgan fingerprint density at radius 1 is 1.11 bits per heavy atom. The molecule has 1 heterocycles. The number of methoxy groups -OCH3 is 3. The lowest BCUT2D eigenvalue weighted by Crippen LogP contribution is -2.36. The second-order valence-corrected chi connectivity index (χ2v) is 6.91. The Morgan fingerprint density at radius 3 is 2.37 bits per heavy atom. The Labute approximate surface area is 164 Å². The standard InChI is InChI=1S/C21H24ClNO4/c1-25-18-12-15(13-19(26-2)20(18)27-3)21(24)23-10-6-8-16(23)11-14-7-4-5-9-17(14)22/h4-5,7,9,12-13,16H,6,8,10-11H2,1-3H3. The minimum absolute atomic E-state index is 0.0381. The Bertz CT molecular complexity index is 799. The Balaban J connectivity index is 1.87. The van der Waals surface area contributed by atoms with Crippen molar-refractivity contribution in [1.82, 2.24) is 4.90 Å². The number of hydrogen-bond acceptors (Lipinski definition) is 4. The molecule has 6 heteroatoms. The van der Waals surface area contributed by atoms with E-state index in [4.69, 9.17) is 25.8 Å². The van der Waals surface area contributed by atoms with Crippen molar-refractivity contribution < 1.29 is 19.0 Å². The van der Waals surface area contributed by atoms with Crippen molar-refractivity contribution in [3.8, 4) is 17.2 Å². The van der Waals surface area contributed by atoms with Crippen molar-refractivity contribution in [3.05, 3.63) is 52.5 Å². The molecule has 0 aromatic heterocycles. The minimum Gasteiger partial charge on any atom is -0.493 e. The van der Waals surface area contributed by atoms with Crippen LogP contribution in [0.5, 0.6) is 17.2 Å². The monoisotopic (exact) mass is 389 g/mol. The molecule has 1 amide bonds. The second-order valence-electron chi connectivity index (χ2n) is 6.50. The van der Waals surface area contributed by atoms with Crippen molar-refractivity contribution in [3.63, 3.8) is 0 Å². The summed E-state index contributed by atoms with van der Waals surface area (Å²) in [6.07, 6.45) is 2.68. The highest BCUT2D eigenvalue weighted by molar-refractivity contribution is 6.31. The summed E-state index contributed by atoms with van der Waals surface area (Å²) >= 11 is 6.31. The molecule has 0 N–H and O–H groups in total. The zero-order valence-corrected chi connectivity index (χ0v) is 16.6. The van der Waals surface area contributed by atoms with E-state index < -0.39 is 0 Å². The first-order valence-corrected chi connectivity index (χ1v) is 9.31. The maximum absolute atomic E-state index is 13.2. The van der Waals surface area contributed by atoms with Gasteiger partial charge < -0.3 is 19.1 Å². The molecule has 0 spiro atoms. The first kappa shape index (κ1) is 19.4. The molecule has 1 aliphatic heterocycles. The van der Waals surface area contributed by atoms with Crippen LogP contribution < -0.4 is 14.2 Å². The molecule has 0 saturated carbocycles. The van der Waals surface area contributed by atoms with Crippen LogP contribution in [0.2, 0.25) is 5.02 Å². The topological polar surface area (TPSA) is 48.0 Å². The van der Waals surface area contributed by atoms with Gasteiger partial charge >= 0.3 is 0 Å². The van der Waals surface area contributed by atoms with Crippen LogP contribution in [0.4, 0.5) is 0 Å². The second kappa shape index (κ2) is 8.53. The fourth-order valence-corrected chi connectivity index (χ4v) is 3.82. The van der Waals surface area contributed by atoms with E-state index in [0.717, 1.165) is 36.4 Å². The molecule has 144 valence electrons. The normalized spacial score (nSPS) is 16.3. The average Bonchev–Trinajstić information content (AvgIpc) is 3.16. The Morgan fingerprint density at radius 2 is 1.78 bits per heavy atom. The first-order valence-electron chi connectivity index (χ1n) is 8.93. The highest BCUT2D eigenvalue weighted by Crippen LogP contribution is 2.39. The predicted octanol–water partition coefficient (Wildman–Crippen LogP) is 4.21. The molecule has 5 nitrogen and oxygen atoms in total. The summed E-state index contributed by atoms with van der Waals surface area (Å²) in [7, 11) is 4.63. The SMILES string of the molecule is COc1cc(C(=O)N2CCCC2Cc2ccccc2Cl)cc(OC)c1OC. The largest absolute Gasteiger partial charge is 0.493 e. The maximum atomic E-state index is 13.2. The van der Waals surface area contributed by atoms with Crippen LogP contribution in [0.1, 0.15) is 28.8 Å². The van der Waals surface area contributed by atoms with Gasteiger partial charge in [-0.2, -0.15) is 0 Å². The maximum Gasteiger partial charge on any atom is 0.254 e. The van der Waals surface area contributed by atoms with Gasteiger partial charge in [-0.3, -0.25) is 4.79 Å². The van der Waals surface area contributed by atoms with Crippen molar-refractivity contribution >= 4 is 17.5 Å². The van der Waals surface area contributed by atoms with Crippen molar-refractivity contribution in [1.29, 1.82) is 0 Å². The molecule has 2 aromatic carbocycles. The highest BCUT2D eigenvalue weighted by atomic mass is 35.5. The lowest BCUT2D eigenvalue weighted by molar-refractivity contribution is 0.0735. The van der Waals surface area contributed by atoms with E-state index in [9.17, 15) is 4.79 Å².